The van der Waals surface area contributed by atoms with Gasteiger partial charge in [0, 0.05) is 57.2 Å². The van der Waals surface area contributed by atoms with E-state index in [0.717, 1.165) is 48.7 Å². The molecule has 0 radical (unpaired) electrons. The van der Waals surface area contributed by atoms with Crippen molar-refractivity contribution in [3.05, 3.63) is 29.9 Å². The van der Waals surface area contributed by atoms with Crippen molar-refractivity contribution in [2.24, 2.45) is 0 Å². The number of nitrogens with one attached hydrogen (secondary N) is 1. The Morgan fingerprint density at radius 3 is 2.69 bits per heavy atom. The van der Waals surface area contributed by atoms with Gasteiger partial charge in [-0.2, -0.15) is 0 Å². The number of hydrogen-bond donors (Lipinski definition) is 1. The molecule has 0 aromatic carbocycles. The molecule has 2 aromatic rings. The van der Waals surface area contributed by atoms with Crippen molar-refractivity contribution in [1.82, 2.24) is 25.3 Å². The minimum absolute atomic E-state index is 0.139. The topological polar surface area (TPSA) is 117 Å². The first-order chi connectivity index (χ1) is 16.8. The van der Waals surface area contributed by atoms with Crippen molar-refractivity contribution >= 4 is 23.6 Å². The van der Waals surface area contributed by atoms with Crippen LogP contribution in [0.4, 0.5) is 16.4 Å². The maximum Gasteiger partial charge on any atom is 0.408 e. The van der Waals surface area contributed by atoms with Crippen molar-refractivity contribution in [2.45, 2.75) is 70.7 Å². The van der Waals surface area contributed by atoms with Crippen LogP contribution in [0.15, 0.2) is 23.2 Å². The number of nitrogens with zero attached hydrogens (tertiary/aromatic N) is 6. The number of aromatic nitrogens is 3. The molecule has 2 saturated heterocycles. The van der Waals surface area contributed by atoms with Gasteiger partial charge in [0.2, 0.25) is 5.91 Å². The van der Waals surface area contributed by atoms with Gasteiger partial charge in [-0.1, -0.05) is 5.16 Å². The third-order valence-corrected chi connectivity index (χ3v) is 6.75. The quantitative estimate of drug-likeness (QED) is 0.698. The normalized spacial score (nSPS) is 22.8. The van der Waals surface area contributed by atoms with E-state index in [0.29, 0.717) is 32.6 Å². The molecular weight excluding hydrogens is 450 g/mol. The van der Waals surface area contributed by atoms with Gasteiger partial charge in [-0.25, -0.2) is 14.8 Å². The summed E-state index contributed by atoms with van der Waals surface area (Å²) < 4.78 is 10.6. The molecule has 0 bridgehead atoms. The lowest BCUT2D eigenvalue weighted by atomic mass is 10.0. The van der Waals surface area contributed by atoms with E-state index in [9.17, 15) is 9.59 Å². The highest BCUT2D eigenvalue weighted by Gasteiger charge is 2.41. The van der Waals surface area contributed by atoms with Gasteiger partial charge in [-0.3, -0.25) is 4.79 Å². The highest BCUT2D eigenvalue weighted by atomic mass is 16.6. The van der Waals surface area contributed by atoms with E-state index < -0.39 is 11.7 Å². The van der Waals surface area contributed by atoms with E-state index in [1.165, 1.54) is 0 Å². The minimum atomic E-state index is -0.598. The molecule has 2 fully saturated rings. The Hall–Kier alpha value is -3.37. The van der Waals surface area contributed by atoms with E-state index >= 15 is 0 Å². The average Bonchev–Trinajstić information content (AvgIpc) is 3.45. The molecule has 11 nitrogen and oxygen atoms in total. The molecule has 11 heteroatoms. The summed E-state index contributed by atoms with van der Waals surface area (Å²) in [5.41, 5.74) is 1.47. The van der Waals surface area contributed by atoms with Crippen LogP contribution in [-0.2, 0) is 22.5 Å². The van der Waals surface area contributed by atoms with Crippen LogP contribution in [-0.4, -0.2) is 75.9 Å². The van der Waals surface area contributed by atoms with Crippen LogP contribution < -0.4 is 15.1 Å². The van der Waals surface area contributed by atoms with Gasteiger partial charge in [0.05, 0.1) is 17.8 Å². The zero-order valence-electron chi connectivity index (χ0n) is 20.6. The van der Waals surface area contributed by atoms with Crippen molar-refractivity contribution in [3.8, 4) is 0 Å². The molecule has 3 aliphatic rings. The monoisotopic (exact) mass is 483 g/mol. The number of carbonyl (C=O) groups is 2. The number of amides is 2. The molecule has 2 aromatic heterocycles. The smallest absolute Gasteiger partial charge is 0.408 e. The van der Waals surface area contributed by atoms with E-state index in [4.69, 9.17) is 9.26 Å². The van der Waals surface area contributed by atoms with Gasteiger partial charge in [-0.15, -0.1) is 0 Å². The molecule has 0 aliphatic carbocycles. The molecule has 3 aliphatic heterocycles. The third-order valence-electron chi connectivity index (χ3n) is 6.75. The van der Waals surface area contributed by atoms with Crippen LogP contribution >= 0.6 is 0 Å². The lowest BCUT2D eigenvalue weighted by molar-refractivity contribution is -0.135. The standard InChI is InChI=1S/C24H33N7O4/c1-24(2,3)35-23(33)27-18-12-30(13-19(18)31-8-5-4-6-22(31)32)21-10-20(25-15-26-21)29-9-7-17-16(11-29)14-34-28-17/h10,14-15,18-19H,4-9,11-13H2,1-3H3,(H,27,33)/t18-,19-/m0/s1. The Bertz CT molecular complexity index is 1080. The van der Waals surface area contributed by atoms with E-state index in [2.05, 4.69) is 30.2 Å². The van der Waals surface area contributed by atoms with Crippen LogP contribution in [0.25, 0.3) is 0 Å². The summed E-state index contributed by atoms with van der Waals surface area (Å²) in [4.78, 5) is 40.6. The van der Waals surface area contributed by atoms with Crippen molar-refractivity contribution in [1.29, 1.82) is 0 Å². The Balaban J connectivity index is 1.34. The van der Waals surface area contributed by atoms with Crippen LogP contribution in [0.2, 0.25) is 0 Å². The molecule has 5 heterocycles. The first-order valence-electron chi connectivity index (χ1n) is 12.3. The molecule has 1 N–H and O–H groups in total. The SMILES string of the molecule is CC(C)(C)OC(=O)N[C@H]1CN(c2cc(N3CCc4nocc4C3)ncn2)C[C@@H]1N1CCCCC1=O. The second-order valence-electron chi connectivity index (χ2n) is 10.5. The number of carbonyl (C=O) groups excluding carboxylic acids is 2. The Kier molecular flexibility index (Phi) is 6.24. The Labute approximate surface area is 204 Å². The molecule has 2 atom stereocenters. The summed E-state index contributed by atoms with van der Waals surface area (Å²) in [6, 6.07) is 1.56. The number of fused-ring (bicyclic) bond motifs is 1. The molecule has 0 unspecified atom stereocenters. The number of likely N-dealkylation sites (tertiary alicyclic amines) is 1. The fourth-order valence-corrected chi connectivity index (χ4v) is 5.09. The lowest BCUT2D eigenvalue weighted by Crippen LogP contribution is -2.54. The van der Waals surface area contributed by atoms with Gasteiger partial charge >= 0.3 is 6.09 Å². The number of ether oxygens (including phenoxy) is 1. The number of anilines is 2. The van der Waals surface area contributed by atoms with Gasteiger partial charge < -0.3 is 29.3 Å². The molecule has 0 saturated carbocycles. The highest BCUT2D eigenvalue weighted by Crippen LogP contribution is 2.28. The number of rotatable bonds is 4. The maximum atomic E-state index is 12.7. The number of piperidine rings is 1. The predicted octanol–water partition coefficient (Wildman–Crippen LogP) is 2.12. The fourth-order valence-electron chi connectivity index (χ4n) is 5.09. The second-order valence-corrected chi connectivity index (χ2v) is 10.5. The van der Waals surface area contributed by atoms with Crippen molar-refractivity contribution in [3.63, 3.8) is 0 Å². The molecule has 0 spiro atoms. The average molecular weight is 484 g/mol. The zero-order valence-corrected chi connectivity index (χ0v) is 20.6. The summed E-state index contributed by atoms with van der Waals surface area (Å²) in [7, 11) is 0. The van der Waals surface area contributed by atoms with E-state index in [-0.39, 0.29) is 18.0 Å². The van der Waals surface area contributed by atoms with Crippen molar-refractivity contribution < 1.29 is 18.8 Å². The summed E-state index contributed by atoms with van der Waals surface area (Å²) in [6.45, 7) is 8.80. The Morgan fingerprint density at radius 2 is 1.91 bits per heavy atom. The fraction of sp³-hybridized carbons (Fsp3) is 0.625. The first-order valence-corrected chi connectivity index (χ1v) is 12.3. The maximum absolute atomic E-state index is 12.7. The van der Waals surface area contributed by atoms with Crippen LogP contribution in [0, 0.1) is 0 Å². The van der Waals surface area contributed by atoms with Crippen LogP contribution in [0.1, 0.15) is 51.3 Å². The lowest BCUT2D eigenvalue weighted by Gasteiger charge is -2.35. The largest absolute Gasteiger partial charge is 0.444 e. The van der Waals surface area contributed by atoms with Crippen LogP contribution in [0.3, 0.4) is 0 Å². The Morgan fingerprint density at radius 1 is 1.11 bits per heavy atom. The second kappa shape index (κ2) is 9.35. The van der Waals surface area contributed by atoms with Crippen molar-refractivity contribution in [2.75, 3.05) is 36.0 Å². The van der Waals surface area contributed by atoms with E-state index in [1.807, 2.05) is 31.7 Å². The molecule has 188 valence electrons. The first kappa shape index (κ1) is 23.4. The van der Waals surface area contributed by atoms with Gasteiger partial charge in [0.1, 0.15) is 29.8 Å². The molecule has 2 amide bonds. The molecular formula is C24H33N7O4. The number of hydrogen-bond acceptors (Lipinski definition) is 9. The third kappa shape index (κ3) is 5.18. The number of alkyl carbamates (subject to hydrolysis) is 1. The van der Waals surface area contributed by atoms with E-state index in [1.54, 1.807) is 12.6 Å². The summed E-state index contributed by atoms with van der Waals surface area (Å²) in [5, 5.41) is 7.08. The summed E-state index contributed by atoms with van der Waals surface area (Å²) in [5.74, 6) is 1.74. The molecule has 35 heavy (non-hydrogen) atoms. The minimum Gasteiger partial charge on any atom is -0.444 e. The highest BCUT2D eigenvalue weighted by molar-refractivity contribution is 5.78. The predicted molar refractivity (Wildman–Crippen MR) is 128 cm³/mol. The van der Waals surface area contributed by atoms with Gasteiger partial charge in [0.25, 0.3) is 0 Å². The van der Waals surface area contributed by atoms with Gasteiger partial charge in [0.15, 0.2) is 0 Å². The van der Waals surface area contributed by atoms with Crippen LogP contribution in [0.5, 0.6) is 0 Å². The zero-order chi connectivity index (χ0) is 24.6. The van der Waals surface area contributed by atoms with Gasteiger partial charge in [-0.05, 0) is 33.6 Å². The molecule has 5 rings (SSSR count). The summed E-state index contributed by atoms with van der Waals surface area (Å²) in [6.07, 6.45) is 6.03. The summed E-state index contributed by atoms with van der Waals surface area (Å²) >= 11 is 0.